The van der Waals surface area contributed by atoms with Gasteiger partial charge in [-0.15, -0.1) is 0 Å². The summed E-state index contributed by atoms with van der Waals surface area (Å²) in [5.41, 5.74) is 3.19. The number of hydrogen-bond acceptors (Lipinski definition) is 3. The largest absolute Gasteiger partial charge is 0.497 e. The molecule has 0 fully saturated rings. The average molecular weight is 324 g/mol. The molecule has 0 spiro atoms. The van der Waals surface area contributed by atoms with Crippen LogP contribution in [0.1, 0.15) is 24.2 Å². The van der Waals surface area contributed by atoms with Crippen LogP contribution in [0.15, 0.2) is 48.7 Å². The lowest BCUT2D eigenvalue weighted by molar-refractivity contribution is -0.115. The van der Waals surface area contributed by atoms with E-state index in [4.69, 9.17) is 4.74 Å². The van der Waals surface area contributed by atoms with Crippen molar-refractivity contribution in [2.24, 2.45) is 0 Å². The van der Waals surface area contributed by atoms with Crippen LogP contribution in [-0.4, -0.2) is 23.1 Å². The highest BCUT2D eigenvalue weighted by atomic mass is 16.5. The minimum Gasteiger partial charge on any atom is -0.497 e. The fraction of sp³-hybridized carbons (Fsp3) is 0.211. The van der Waals surface area contributed by atoms with E-state index in [9.17, 15) is 9.90 Å². The van der Waals surface area contributed by atoms with Gasteiger partial charge in [-0.05, 0) is 36.8 Å². The third kappa shape index (κ3) is 3.26. The number of nitrogens with one attached hydrogen (secondary N) is 2. The first-order valence-corrected chi connectivity index (χ1v) is 7.79. The van der Waals surface area contributed by atoms with Crippen LogP contribution in [0.5, 0.6) is 5.75 Å². The van der Waals surface area contributed by atoms with Gasteiger partial charge in [0.05, 0.1) is 19.6 Å². The highest BCUT2D eigenvalue weighted by Gasteiger charge is 2.13. The van der Waals surface area contributed by atoms with Crippen molar-refractivity contribution in [3.05, 3.63) is 59.8 Å². The van der Waals surface area contributed by atoms with Crippen molar-refractivity contribution in [3.63, 3.8) is 0 Å². The molecule has 1 unspecified atom stereocenters. The molecule has 0 aliphatic heterocycles. The van der Waals surface area contributed by atoms with Gasteiger partial charge in [-0.1, -0.05) is 18.2 Å². The number of aromatic amines is 1. The number of ether oxygens (including phenoxy) is 1. The fourth-order valence-corrected chi connectivity index (χ4v) is 2.77. The minimum absolute atomic E-state index is 0.133. The number of benzene rings is 2. The molecule has 0 saturated heterocycles. The maximum absolute atomic E-state index is 12.4. The molecule has 1 atom stereocenters. The summed E-state index contributed by atoms with van der Waals surface area (Å²) in [7, 11) is 1.62. The molecule has 0 bridgehead atoms. The lowest BCUT2D eigenvalue weighted by Crippen LogP contribution is -2.16. The molecule has 24 heavy (non-hydrogen) atoms. The van der Waals surface area contributed by atoms with Gasteiger partial charge < -0.3 is 20.1 Å². The Morgan fingerprint density at radius 3 is 2.83 bits per heavy atom. The van der Waals surface area contributed by atoms with Gasteiger partial charge in [0.25, 0.3) is 0 Å². The normalized spacial score (nSPS) is 12.1. The van der Waals surface area contributed by atoms with Crippen LogP contribution in [0.25, 0.3) is 10.9 Å². The smallest absolute Gasteiger partial charge is 0.228 e. The minimum atomic E-state index is -0.640. The summed E-state index contributed by atoms with van der Waals surface area (Å²) in [4.78, 5) is 15.6. The zero-order chi connectivity index (χ0) is 17.1. The van der Waals surface area contributed by atoms with Gasteiger partial charge in [0.15, 0.2) is 0 Å². The van der Waals surface area contributed by atoms with Crippen LogP contribution in [0.3, 0.4) is 0 Å². The number of amides is 1. The maximum atomic E-state index is 12.4. The number of fused-ring (bicyclic) bond motifs is 1. The van der Waals surface area contributed by atoms with E-state index in [0.717, 1.165) is 22.2 Å². The van der Waals surface area contributed by atoms with Crippen molar-refractivity contribution in [2.45, 2.75) is 19.4 Å². The molecule has 0 aliphatic rings. The molecule has 124 valence electrons. The topological polar surface area (TPSA) is 74.4 Å². The summed E-state index contributed by atoms with van der Waals surface area (Å²) >= 11 is 0. The number of aliphatic hydroxyl groups excluding tert-OH is 1. The average Bonchev–Trinajstić information content (AvgIpc) is 2.97. The Hall–Kier alpha value is -2.79. The molecule has 3 aromatic rings. The van der Waals surface area contributed by atoms with E-state index in [1.807, 2.05) is 36.5 Å². The lowest BCUT2D eigenvalue weighted by atomic mass is 10.1. The van der Waals surface area contributed by atoms with Crippen molar-refractivity contribution in [1.82, 2.24) is 4.98 Å². The number of carbonyl (C=O) groups excluding carboxylic acids is 1. The van der Waals surface area contributed by atoms with E-state index in [2.05, 4.69) is 10.3 Å². The fourth-order valence-electron chi connectivity index (χ4n) is 2.77. The second kappa shape index (κ2) is 6.76. The molecule has 1 aromatic heterocycles. The number of hydrogen-bond donors (Lipinski definition) is 3. The maximum Gasteiger partial charge on any atom is 0.228 e. The SMILES string of the molecule is COc1ccc2[nH]cc(CC(=O)Nc3ccccc3C(C)O)c2c1. The molecule has 0 aliphatic carbocycles. The summed E-state index contributed by atoms with van der Waals surface area (Å²) in [5, 5.41) is 13.6. The number of aromatic nitrogens is 1. The Labute approximate surface area is 140 Å². The number of methoxy groups -OCH3 is 1. The van der Waals surface area contributed by atoms with Crippen molar-refractivity contribution >= 4 is 22.5 Å². The molecule has 2 aromatic carbocycles. The molecule has 3 N–H and O–H groups in total. The summed E-state index contributed by atoms with van der Waals surface area (Å²) < 4.78 is 5.25. The predicted molar refractivity (Wildman–Crippen MR) is 94.3 cm³/mol. The third-order valence-electron chi connectivity index (χ3n) is 4.01. The third-order valence-corrected chi connectivity index (χ3v) is 4.01. The summed E-state index contributed by atoms with van der Waals surface area (Å²) in [6, 6.07) is 13.0. The van der Waals surface area contributed by atoms with E-state index in [-0.39, 0.29) is 12.3 Å². The molecule has 1 heterocycles. The molecule has 5 nitrogen and oxygen atoms in total. The molecule has 0 saturated carbocycles. The zero-order valence-corrected chi connectivity index (χ0v) is 13.7. The summed E-state index contributed by atoms with van der Waals surface area (Å²) in [6.45, 7) is 1.68. The Morgan fingerprint density at radius 2 is 2.08 bits per heavy atom. The quantitative estimate of drug-likeness (QED) is 0.673. The number of aliphatic hydroxyl groups is 1. The van der Waals surface area contributed by atoms with Crippen LogP contribution in [0.4, 0.5) is 5.69 Å². The van der Waals surface area contributed by atoms with Gasteiger partial charge in [-0.3, -0.25) is 4.79 Å². The Balaban J connectivity index is 1.81. The molecular weight excluding hydrogens is 304 g/mol. The van der Waals surface area contributed by atoms with E-state index < -0.39 is 6.10 Å². The van der Waals surface area contributed by atoms with Crippen LogP contribution >= 0.6 is 0 Å². The van der Waals surface area contributed by atoms with Crippen LogP contribution in [-0.2, 0) is 11.2 Å². The summed E-state index contributed by atoms with van der Waals surface area (Å²) in [6.07, 6.45) is 1.44. The Bertz CT molecular complexity index is 868. The molecular formula is C19H20N2O3. The van der Waals surface area contributed by atoms with Crippen molar-refractivity contribution < 1.29 is 14.6 Å². The predicted octanol–water partition coefficient (Wildman–Crippen LogP) is 3.41. The number of para-hydroxylation sites is 1. The van der Waals surface area contributed by atoms with Crippen molar-refractivity contribution in [3.8, 4) is 5.75 Å². The highest BCUT2D eigenvalue weighted by Crippen LogP contribution is 2.25. The number of H-pyrrole nitrogens is 1. The first-order valence-electron chi connectivity index (χ1n) is 7.79. The highest BCUT2D eigenvalue weighted by molar-refractivity contribution is 5.96. The Kier molecular flexibility index (Phi) is 4.53. The van der Waals surface area contributed by atoms with Gasteiger partial charge >= 0.3 is 0 Å². The lowest BCUT2D eigenvalue weighted by Gasteiger charge is -2.12. The first kappa shape index (κ1) is 16.1. The molecule has 5 heteroatoms. The van der Waals surface area contributed by atoms with Crippen molar-refractivity contribution in [2.75, 3.05) is 12.4 Å². The van der Waals surface area contributed by atoms with E-state index in [1.165, 1.54) is 0 Å². The zero-order valence-electron chi connectivity index (χ0n) is 13.7. The standard InChI is InChI=1S/C19H20N2O3/c1-12(22)15-5-3-4-6-18(15)21-19(23)9-13-11-20-17-8-7-14(24-2)10-16(13)17/h3-8,10-12,20,22H,9H2,1-2H3,(H,21,23). The van der Waals surface area contributed by atoms with Crippen LogP contribution < -0.4 is 10.1 Å². The molecule has 0 radical (unpaired) electrons. The Morgan fingerprint density at radius 1 is 1.29 bits per heavy atom. The van der Waals surface area contributed by atoms with E-state index in [1.54, 1.807) is 26.2 Å². The second-order valence-electron chi connectivity index (χ2n) is 5.71. The number of carbonyl (C=O) groups is 1. The second-order valence-corrected chi connectivity index (χ2v) is 5.71. The van der Waals surface area contributed by atoms with Crippen molar-refractivity contribution in [1.29, 1.82) is 0 Å². The van der Waals surface area contributed by atoms with Gasteiger partial charge in [0.2, 0.25) is 5.91 Å². The monoisotopic (exact) mass is 324 g/mol. The van der Waals surface area contributed by atoms with Gasteiger partial charge in [0.1, 0.15) is 5.75 Å². The molecule has 1 amide bonds. The van der Waals surface area contributed by atoms with Gasteiger partial charge in [-0.25, -0.2) is 0 Å². The van der Waals surface area contributed by atoms with Crippen LogP contribution in [0.2, 0.25) is 0 Å². The van der Waals surface area contributed by atoms with Crippen LogP contribution in [0, 0.1) is 0 Å². The van der Waals surface area contributed by atoms with E-state index in [0.29, 0.717) is 11.3 Å². The molecule has 3 rings (SSSR count). The van der Waals surface area contributed by atoms with E-state index >= 15 is 0 Å². The summed E-state index contributed by atoms with van der Waals surface area (Å²) in [5.74, 6) is 0.620. The number of rotatable bonds is 5. The number of anilines is 1. The van der Waals surface area contributed by atoms with Gasteiger partial charge in [0, 0.05) is 28.4 Å². The first-order chi connectivity index (χ1) is 11.6. The van der Waals surface area contributed by atoms with Gasteiger partial charge in [-0.2, -0.15) is 0 Å².